The Morgan fingerprint density at radius 1 is 1.50 bits per heavy atom. The molecule has 112 valence electrons. The zero-order chi connectivity index (χ0) is 14.5. The van der Waals surface area contributed by atoms with Gasteiger partial charge in [0.1, 0.15) is 0 Å². The minimum absolute atomic E-state index is 0.0631. The average molecular weight is 298 g/mol. The molecule has 1 aromatic rings. The molecule has 20 heavy (non-hydrogen) atoms. The molecule has 3 nitrogen and oxygen atoms in total. The van der Waals surface area contributed by atoms with Crippen LogP contribution in [-0.2, 0) is 4.79 Å². The van der Waals surface area contributed by atoms with E-state index in [4.69, 9.17) is 0 Å². The van der Waals surface area contributed by atoms with E-state index in [1.54, 1.807) is 11.3 Å². The summed E-state index contributed by atoms with van der Waals surface area (Å²) in [6, 6.07) is -0.103. The van der Waals surface area contributed by atoms with E-state index in [-0.39, 0.29) is 18.6 Å². The number of nitrogens with one attached hydrogen (secondary N) is 1. The number of nitrogens with zero attached hydrogens (tertiary/aromatic N) is 1. The molecule has 1 amide bonds. The number of rotatable bonds is 5. The van der Waals surface area contributed by atoms with Crippen molar-refractivity contribution < 1.29 is 9.18 Å². The van der Waals surface area contributed by atoms with Crippen molar-refractivity contribution in [2.75, 3.05) is 25.1 Å². The van der Waals surface area contributed by atoms with Gasteiger partial charge in [0.2, 0.25) is 5.91 Å². The highest BCUT2D eigenvalue weighted by molar-refractivity contribution is 7.10. The van der Waals surface area contributed by atoms with Crippen molar-refractivity contribution in [3.05, 3.63) is 15.8 Å². The third kappa shape index (κ3) is 3.58. The minimum atomic E-state index is -0.312. The summed E-state index contributed by atoms with van der Waals surface area (Å²) in [7, 11) is 0. The number of carbonyl (C=O) groups excluding carboxylic acids is 1. The van der Waals surface area contributed by atoms with E-state index in [1.165, 1.54) is 0 Å². The topological polar surface area (TPSA) is 32.3 Å². The molecule has 2 rings (SSSR count). The Labute approximate surface area is 124 Å². The van der Waals surface area contributed by atoms with Gasteiger partial charge in [-0.05, 0) is 50.6 Å². The molecule has 1 unspecified atom stereocenters. The maximum atomic E-state index is 12.5. The van der Waals surface area contributed by atoms with Gasteiger partial charge in [-0.3, -0.25) is 14.1 Å². The van der Waals surface area contributed by atoms with E-state index >= 15 is 0 Å². The van der Waals surface area contributed by atoms with Crippen LogP contribution in [0.1, 0.15) is 36.1 Å². The van der Waals surface area contributed by atoms with Gasteiger partial charge in [0.25, 0.3) is 0 Å². The lowest BCUT2D eigenvalue weighted by Crippen LogP contribution is -2.47. The number of hydrogen-bond acceptors (Lipinski definition) is 3. The van der Waals surface area contributed by atoms with Crippen LogP contribution in [0.5, 0.6) is 0 Å². The highest BCUT2D eigenvalue weighted by atomic mass is 32.1. The van der Waals surface area contributed by atoms with Gasteiger partial charge in [0.05, 0.1) is 18.4 Å². The molecule has 1 aliphatic heterocycles. The lowest BCUT2D eigenvalue weighted by molar-refractivity contribution is -0.122. The zero-order valence-corrected chi connectivity index (χ0v) is 13.1. The highest BCUT2D eigenvalue weighted by Gasteiger charge is 2.28. The molecule has 5 heteroatoms. The predicted octanol–water partition coefficient (Wildman–Crippen LogP) is 3.52. The van der Waals surface area contributed by atoms with Crippen molar-refractivity contribution in [2.45, 2.75) is 45.6 Å². The van der Waals surface area contributed by atoms with Crippen LogP contribution in [-0.4, -0.2) is 36.6 Å². The van der Waals surface area contributed by atoms with Crippen LogP contribution >= 0.6 is 11.3 Å². The molecule has 1 aromatic heterocycles. The van der Waals surface area contributed by atoms with Crippen molar-refractivity contribution in [1.29, 1.82) is 0 Å². The van der Waals surface area contributed by atoms with Crippen molar-refractivity contribution in [3.63, 3.8) is 0 Å². The number of aryl methyl sites for hydroxylation is 2. The number of carbonyl (C=O) groups is 1. The summed E-state index contributed by atoms with van der Waals surface area (Å²) in [5.41, 5.74) is 2.07. The van der Waals surface area contributed by atoms with Crippen molar-refractivity contribution in [2.24, 2.45) is 0 Å². The molecule has 0 saturated carbocycles. The number of hydrogen-bond donors (Lipinski definition) is 1. The Hall–Kier alpha value is -0.940. The Bertz CT molecular complexity index is 441. The third-order valence-corrected chi connectivity index (χ3v) is 4.93. The summed E-state index contributed by atoms with van der Waals surface area (Å²) in [4.78, 5) is 15.8. The second-order valence-electron chi connectivity index (χ2n) is 5.43. The largest absolute Gasteiger partial charge is 0.323 e. The van der Waals surface area contributed by atoms with Gasteiger partial charge >= 0.3 is 0 Å². The Balaban J connectivity index is 2.02. The summed E-state index contributed by atoms with van der Waals surface area (Å²) >= 11 is 1.66. The van der Waals surface area contributed by atoms with Gasteiger partial charge < -0.3 is 5.32 Å². The fraction of sp³-hybridized carbons (Fsp3) is 0.667. The fourth-order valence-corrected chi connectivity index (χ4v) is 3.59. The average Bonchev–Trinajstić information content (AvgIpc) is 2.77. The second kappa shape index (κ2) is 7.18. The lowest BCUT2D eigenvalue weighted by atomic mass is 10.0. The van der Waals surface area contributed by atoms with E-state index in [0.29, 0.717) is 13.0 Å². The molecule has 2 heterocycles. The molecule has 0 spiro atoms. The summed E-state index contributed by atoms with van der Waals surface area (Å²) in [5, 5.41) is 5.13. The SMILES string of the molecule is Cc1csc(C)c1NC(=O)C1CCCCN1CCCF. The zero-order valence-electron chi connectivity index (χ0n) is 12.2. The molecule has 1 saturated heterocycles. The van der Waals surface area contributed by atoms with Crippen LogP contribution in [0.4, 0.5) is 10.1 Å². The molecule has 0 radical (unpaired) electrons. The van der Waals surface area contributed by atoms with E-state index < -0.39 is 0 Å². The number of anilines is 1. The maximum absolute atomic E-state index is 12.5. The molecule has 1 aliphatic rings. The third-order valence-electron chi connectivity index (χ3n) is 3.90. The maximum Gasteiger partial charge on any atom is 0.241 e. The first kappa shape index (κ1) is 15.4. The van der Waals surface area contributed by atoms with Crippen molar-refractivity contribution in [3.8, 4) is 0 Å². The van der Waals surface area contributed by atoms with E-state index in [2.05, 4.69) is 15.6 Å². The number of thiophene rings is 1. The smallest absolute Gasteiger partial charge is 0.241 e. The van der Waals surface area contributed by atoms with Gasteiger partial charge in [-0.15, -0.1) is 11.3 Å². The molecule has 0 bridgehead atoms. The standard InChI is InChI=1S/C15H23FN2OS/c1-11-10-20-12(2)14(11)17-15(19)13-6-3-4-8-18(13)9-5-7-16/h10,13H,3-9H2,1-2H3,(H,17,19). The number of halogens is 1. The van der Waals surface area contributed by atoms with Gasteiger partial charge in [-0.25, -0.2) is 0 Å². The Morgan fingerprint density at radius 2 is 2.30 bits per heavy atom. The van der Waals surface area contributed by atoms with Gasteiger partial charge in [0.15, 0.2) is 0 Å². The Kier molecular flexibility index (Phi) is 5.54. The summed E-state index contributed by atoms with van der Waals surface area (Å²) in [6.45, 7) is 5.30. The first-order valence-corrected chi connectivity index (χ1v) is 8.17. The van der Waals surface area contributed by atoms with Crippen LogP contribution in [0, 0.1) is 13.8 Å². The first-order chi connectivity index (χ1) is 9.63. The van der Waals surface area contributed by atoms with E-state index in [1.807, 2.05) is 13.8 Å². The molecular formula is C15H23FN2OS. The summed E-state index contributed by atoms with van der Waals surface area (Å²) in [5.74, 6) is 0.0631. The number of piperidine rings is 1. The predicted molar refractivity (Wildman–Crippen MR) is 82.2 cm³/mol. The summed E-state index contributed by atoms with van der Waals surface area (Å²) in [6.07, 6.45) is 3.57. The highest BCUT2D eigenvalue weighted by Crippen LogP contribution is 2.27. The van der Waals surface area contributed by atoms with Crippen LogP contribution in [0.15, 0.2) is 5.38 Å². The summed E-state index contributed by atoms with van der Waals surface area (Å²) < 4.78 is 12.4. The van der Waals surface area contributed by atoms with E-state index in [0.717, 1.165) is 41.9 Å². The fourth-order valence-electron chi connectivity index (χ4n) is 2.78. The van der Waals surface area contributed by atoms with Crippen LogP contribution < -0.4 is 5.32 Å². The quantitative estimate of drug-likeness (QED) is 0.902. The Morgan fingerprint density at radius 3 is 2.95 bits per heavy atom. The van der Waals surface area contributed by atoms with E-state index in [9.17, 15) is 9.18 Å². The van der Waals surface area contributed by atoms with Crippen LogP contribution in [0.3, 0.4) is 0 Å². The van der Waals surface area contributed by atoms with Crippen molar-refractivity contribution in [1.82, 2.24) is 4.90 Å². The molecule has 0 aliphatic carbocycles. The van der Waals surface area contributed by atoms with Crippen LogP contribution in [0.25, 0.3) is 0 Å². The van der Waals surface area contributed by atoms with Gasteiger partial charge in [-0.2, -0.15) is 0 Å². The number of alkyl halides is 1. The number of likely N-dealkylation sites (tertiary alicyclic amines) is 1. The molecule has 1 atom stereocenters. The molecule has 1 fully saturated rings. The van der Waals surface area contributed by atoms with Crippen LogP contribution in [0.2, 0.25) is 0 Å². The molecule has 0 aromatic carbocycles. The molecular weight excluding hydrogens is 275 g/mol. The number of amides is 1. The van der Waals surface area contributed by atoms with Gasteiger partial charge in [0, 0.05) is 11.4 Å². The van der Waals surface area contributed by atoms with Crippen molar-refractivity contribution >= 4 is 22.9 Å². The van der Waals surface area contributed by atoms with Gasteiger partial charge in [-0.1, -0.05) is 6.42 Å². The lowest BCUT2D eigenvalue weighted by Gasteiger charge is -2.34. The molecule has 1 N–H and O–H groups in total. The first-order valence-electron chi connectivity index (χ1n) is 7.29. The minimum Gasteiger partial charge on any atom is -0.323 e. The second-order valence-corrected chi connectivity index (χ2v) is 6.51. The normalized spacial score (nSPS) is 20.1. The monoisotopic (exact) mass is 298 g/mol.